The van der Waals surface area contributed by atoms with Gasteiger partial charge in [0.15, 0.2) is 11.5 Å². The van der Waals surface area contributed by atoms with Gasteiger partial charge in [-0.25, -0.2) is 4.39 Å². The summed E-state index contributed by atoms with van der Waals surface area (Å²) in [4.78, 5) is 31.9. The lowest BCUT2D eigenvalue weighted by molar-refractivity contribution is -0.130. The first-order valence-electron chi connectivity index (χ1n) is 9.94. The molecule has 0 bridgehead atoms. The summed E-state index contributed by atoms with van der Waals surface area (Å²) in [6, 6.07) is 16.8. The van der Waals surface area contributed by atoms with Crippen LogP contribution in [0.5, 0.6) is 0 Å². The van der Waals surface area contributed by atoms with E-state index >= 15 is 0 Å². The van der Waals surface area contributed by atoms with E-state index < -0.39 is 29.3 Å². The maximum absolute atomic E-state index is 13.6. The fourth-order valence-electron chi connectivity index (χ4n) is 3.96. The number of amides is 1. The Morgan fingerprint density at radius 1 is 1.09 bits per heavy atom. The molecule has 2 aromatic heterocycles. The first-order chi connectivity index (χ1) is 15.5. The molecule has 7 heteroatoms. The van der Waals surface area contributed by atoms with Gasteiger partial charge < -0.3 is 14.4 Å². The zero-order valence-corrected chi connectivity index (χ0v) is 16.7. The normalized spacial score (nSPS) is 16.2. The van der Waals surface area contributed by atoms with Gasteiger partial charge in [0.05, 0.1) is 11.6 Å². The number of rotatable bonds is 5. The fourth-order valence-corrected chi connectivity index (χ4v) is 3.96. The average Bonchev–Trinajstić information content (AvgIpc) is 3.35. The van der Waals surface area contributed by atoms with Gasteiger partial charge in [-0.2, -0.15) is 0 Å². The number of furan rings is 1. The van der Waals surface area contributed by atoms with Crippen LogP contribution in [0.4, 0.5) is 4.39 Å². The first kappa shape index (κ1) is 19.7. The number of aliphatic hydroxyl groups is 1. The number of aliphatic hydroxyl groups excluding tert-OH is 1. The van der Waals surface area contributed by atoms with Gasteiger partial charge in [-0.15, -0.1) is 0 Å². The minimum atomic E-state index is -0.913. The highest BCUT2D eigenvalue weighted by atomic mass is 19.1. The molecule has 0 radical (unpaired) electrons. The molecule has 5 rings (SSSR count). The van der Waals surface area contributed by atoms with Gasteiger partial charge in [0.25, 0.3) is 5.91 Å². The van der Waals surface area contributed by atoms with Crippen LogP contribution in [0, 0.1) is 5.82 Å². The maximum Gasteiger partial charge on any atom is 0.290 e. The van der Waals surface area contributed by atoms with Gasteiger partial charge in [-0.05, 0) is 41.5 Å². The van der Waals surface area contributed by atoms with Crippen LogP contribution in [-0.4, -0.2) is 26.7 Å². The van der Waals surface area contributed by atoms with Crippen molar-refractivity contribution >= 4 is 22.7 Å². The molecule has 0 aliphatic carbocycles. The summed E-state index contributed by atoms with van der Waals surface area (Å²) in [5.41, 5.74) is 1.63. The Balaban J connectivity index is 1.60. The Hall–Kier alpha value is -4.26. The van der Waals surface area contributed by atoms with Gasteiger partial charge >= 0.3 is 0 Å². The van der Waals surface area contributed by atoms with Crippen molar-refractivity contribution in [3.05, 3.63) is 113 Å². The van der Waals surface area contributed by atoms with E-state index in [1.165, 1.54) is 29.2 Å². The number of para-hydroxylation sites is 1. The highest BCUT2D eigenvalue weighted by molar-refractivity contribution is 6.16. The second-order valence-electron chi connectivity index (χ2n) is 7.49. The number of Topliss-reactive ketones (excluding diaryl/α,β-unsaturated/α-hetero) is 1. The Bertz CT molecular complexity index is 1330. The number of ketones is 1. The van der Waals surface area contributed by atoms with Gasteiger partial charge in [-0.1, -0.05) is 36.4 Å². The summed E-state index contributed by atoms with van der Waals surface area (Å²) in [7, 11) is 0. The number of nitrogens with zero attached hydrogens (tertiary/aromatic N) is 2. The number of fused-ring (bicyclic) bond motifs is 1. The monoisotopic (exact) mass is 428 g/mol. The summed E-state index contributed by atoms with van der Waals surface area (Å²) in [6.45, 7) is 0.107. The fraction of sp³-hybridized carbons (Fsp3) is 0.0800. The van der Waals surface area contributed by atoms with Crippen LogP contribution in [0.15, 0.2) is 94.9 Å². The Labute approximate surface area is 182 Å². The molecule has 1 aliphatic heterocycles. The van der Waals surface area contributed by atoms with Gasteiger partial charge in [0.1, 0.15) is 11.4 Å². The molecule has 1 aliphatic rings. The van der Waals surface area contributed by atoms with Crippen molar-refractivity contribution < 1.29 is 23.5 Å². The lowest BCUT2D eigenvalue weighted by atomic mass is 9.95. The summed E-state index contributed by atoms with van der Waals surface area (Å²) in [5, 5.41) is 11.5. The van der Waals surface area contributed by atoms with Crippen LogP contribution < -0.4 is 0 Å². The molecule has 0 saturated heterocycles. The van der Waals surface area contributed by atoms with Crippen LogP contribution in [0.2, 0.25) is 0 Å². The van der Waals surface area contributed by atoms with Crippen LogP contribution >= 0.6 is 0 Å². The number of aromatic nitrogens is 1. The van der Waals surface area contributed by atoms with E-state index in [-0.39, 0.29) is 17.9 Å². The van der Waals surface area contributed by atoms with E-state index in [1.54, 1.807) is 48.8 Å². The Morgan fingerprint density at radius 3 is 2.59 bits per heavy atom. The number of benzene rings is 2. The third-order valence-corrected chi connectivity index (χ3v) is 5.46. The lowest BCUT2D eigenvalue weighted by Crippen LogP contribution is -2.30. The highest BCUT2D eigenvalue weighted by Gasteiger charge is 2.44. The molecule has 1 amide bonds. The zero-order chi connectivity index (χ0) is 22.2. The van der Waals surface area contributed by atoms with Gasteiger partial charge in [-0.3, -0.25) is 14.6 Å². The predicted molar refractivity (Wildman–Crippen MR) is 114 cm³/mol. The maximum atomic E-state index is 13.6. The molecule has 6 nitrogen and oxygen atoms in total. The number of pyridine rings is 1. The van der Waals surface area contributed by atoms with Crippen LogP contribution in [0.25, 0.3) is 11.0 Å². The molecule has 0 unspecified atom stereocenters. The van der Waals surface area contributed by atoms with Gasteiger partial charge in [0, 0.05) is 24.3 Å². The smallest absolute Gasteiger partial charge is 0.290 e. The third kappa shape index (κ3) is 3.33. The largest absolute Gasteiger partial charge is 0.503 e. The van der Waals surface area contributed by atoms with Crippen LogP contribution in [-0.2, 0) is 11.3 Å². The SMILES string of the molecule is O=C(C1=C(O)C(=O)N(Cc2cccnc2)[C@@H]1c1ccc(F)cc1)c1cc2ccccc2o1. The van der Waals surface area contributed by atoms with E-state index in [2.05, 4.69) is 4.98 Å². The van der Waals surface area contributed by atoms with Crippen molar-refractivity contribution in [2.24, 2.45) is 0 Å². The minimum absolute atomic E-state index is 0.0101. The lowest BCUT2D eigenvalue weighted by Gasteiger charge is -2.26. The zero-order valence-electron chi connectivity index (χ0n) is 16.7. The van der Waals surface area contributed by atoms with Crippen LogP contribution in [0.3, 0.4) is 0 Å². The Kier molecular flexibility index (Phi) is 4.78. The number of carbonyl (C=O) groups excluding carboxylic acids is 2. The standard InChI is InChI=1S/C25H17FN2O4/c26-18-9-7-16(8-10-18)22-21(23(29)20-12-17-5-1-2-6-19(17)32-20)24(30)25(31)28(22)14-15-4-3-11-27-13-15/h1-13,22,30H,14H2/t22-/m1/s1. The molecular formula is C25H17FN2O4. The average molecular weight is 428 g/mol. The molecule has 0 spiro atoms. The first-order valence-corrected chi connectivity index (χ1v) is 9.94. The van der Waals surface area contributed by atoms with Crippen LogP contribution in [0.1, 0.15) is 27.7 Å². The van der Waals surface area contributed by atoms with E-state index in [9.17, 15) is 19.1 Å². The second-order valence-corrected chi connectivity index (χ2v) is 7.49. The van der Waals surface area contributed by atoms with Crippen molar-refractivity contribution in [2.75, 3.05) is 0 Å². The summed E-state index contributed by atoms with van der Waals surface area (Å²) < 4.78 is 19.3. The minimum Gasteiger partial charge on any atom is -0.503 e. The summed E-state index contributed by atoms with van der Waals surface area (Å²) in [6.07, 6.45) is 3.21. The topological polar surface area (TPSA) is 83.6 Å². The van der Waals surface area contributed by atoms with E-state index in [0.29, 0.717) is 11.1 Å². The van der Waals surface area contributed by atoms with Crippen molar-refractivity contribution in [1.82, 2.24) is 9.88 Å². The predicted octanol–water partition coefficient (Wildman–Crippen LogP) is 4.75. The van der Waals surface area contributed by atoms with E-state index in [1.807, 2.05) is 6.07 Å². The van der Waals surface area contributed by atoms with Gasteiger partial charge in [0.2, 0.25) is 5.78 Å². The summed E-state index contributed by atoms with van der Waals surface area (Å²) in [5.74, 6) is -2.38. The number of halogens is 1. The third-order valence-electron chi connectivity index (χ3n) is 5.46. The molecule has 32 heavy (non-hydrogen) atoms. The van der Waals surface area contributed by atoms with Crippen molar-refractivity contribution in [3.63, 3.8) is 0 Å². The van der Waals surface area contributed by atoms with Crippen molar-refractivity contribution in [1.29, 1.82) is 0 Å². The molecule has 1 N–H and O–H groups in total. The molecule has 2 aromatic carbocycles. The van der Waals surface area contributed by atoms with Crippen molar-refractivity contribution in [3.8, 4) is 0 Å². The molecule has 4 aromatic rings. The Morgan fingerprint density at radius 2 is 1.88 bits per heavy atom. The molecule has 3 heterocycles. The highest BCUT2D eigenvalue weighted by Crippen LogP contribution is 2.40. The van der Waals surface area contributed by atoms with Crippen molar-refractivity contribution in [2.45, 2.75) is 12.6 Å². The number of carbonyl (C=O) groups is 2. The number of hydrogen-bond donors (Lipinski definition) is 1. The molecular weight excluding hydrogens is 411 g/mol. The van der Waals surface area contributed by atoms with E-state index in [4.69, 9.17) is 4.42 Å². The molecule has 0 fully saturated rings. The molecule has 0 saturated carbocycles. The quantitative estimate of drug-likeness (QED) is 0.464. The molecule has 1 atom stereocenters. The van der Waals surface area contributed by atoms with E-state index in [0.717, 1.165) is 10.9 Å². The second kappa shape index (κ2) is 7.77. The molecule has 158 valence electrons. The summed E-state index contributed by atoms with van der Waals surface area (Å²) >= 11 is 0. The number of hydrogen-bond acceptors (Lipinski definition) is 5.